The molecule has 3 amide bonds. The first-order valence-electron chi connectivity index (χ1n) is 9.12. The van der Waals surface area contributed by atoms with E-state index in [4.69, 9.17) is 0 Å². The number of H-pyrrole nitrogens is 2. The highest BCUT2D eigenvalue weighted by Crippen LogP contribution is 2.43. The van der Waals surface area contributed by atoms with Crippen molar-refractivity contribution < 1.29 is 9.59 Å². The Bertz CT molecular complexity index is 1090. The summed E-state index contributed by atoms with van der Waals surface area (Å²) in [6.45, 7) is 6.45. The minimum atomic E-state index is -0.581. The monoisotopic (exact) mass is 381 g/mol. The van der Waals surface area contributed by atoms with E-state index in [0.29, 0.717) is 23.8 Å². The Morgan fingerprint density at radius 1 is 1.32 bits per heavy atom. The van der Waals surface area contributed by atoms with Crippen molar-refractivity contribution >= 4 is 34.3 Å². The molecule has 3 N–H and O–H groups in total. The highest BCUT2D eigenvalue weighted by molar-refractivity contribution is 6.09. The third-order valence-electron chi connectivity index (χ3n) is 5.17. The molecular formula is C19H23N7O2. The van der Waals surface area contributed by atoms with Gasteiger partial charge >= 0.3 is 6.03 Å². The molecule has 9 nitrogen and oxygen atoms in total. The molecule has 0 aliphatic carbocycles. The van der Waals surface area contributed by atoms with Crippen LogP contribution in [0.25, 0.3) is 22.6 Å². The minimum absolute atomic E-state index is 0.0962. The van der Waals surface area contributed by atoms with Gasteiger partial charge in [-0.15, -0.1) is 0 Å². The smallest absolute Gasteiger partial charge is 0.321 e. The Morgan fingerprint density at radius 3 is 2.75 bits per heavy atom. The van der Waals surface area contributed by atoms with Gasteiger partial charge in [0.2, 0.25) is 5.91 Å². The Hall–Kier alpha value is -3.36. The normalized spacial score (nSPS) is 15.2. The molecule has 0 spiro atoms. The molecule has 0 saturated heterocycles. The largest absolute Gasteiger partial charge is 0.337 e. The number of hydrogen-bond donors (Lipinski definition) is 3. The molecule has 0 unspecified atom stereocenters. The van der Waals surface area contributed by atoms with Gasteiger partial charge in [-0.2, -0.15) is 5.10 Å². The first-order valence-corrected chi connectivity index (χ1v) is 9.12. The number of benzene rings is 1. The molecule has 28 heavy (non-hydrogen) atoms. The third-order valence-corrected chi connectivity index (χ3v) is 5.17. The van der Waals surface area contributed by atoms with Crippen LogP contribution in [0.1, 0.15) is 26.3 Å². The number of nitrogens with zero attached hydrogens (tertiary/aromatic N) is 4. The predicted molar refractivity (Wildman–Crippen MR) is 107 cm³/mol. The Kier molecular flexibility index (Phi) is 3.91. The summed E-state index contributed by atoms with van der Waals surface area (Å²) < 4.78 is 0. The van der Waals surface area contributed by atoms with Gasteiger partial charge in [-0.05, 0) is 38.5 Å². The highest BCUT2D eigenvalue weighted by Gasteiger charge is 2.43. The van der Waals surface area contributed by atoms with E-state index >= 15 is 0 Å². The van der Waals surface area contributed by atoms with E-state index in [-0.39, 0.29) is 11.9 Å². The summed E-state index contributed by atoms with van der Waals surface area (Å²) in [5.41, 5.74) is 3.91. The molecule has 0 bridgehead atoms. The van der Waals surface area contributed by atoms with E-state index in [1.165, 1.54) is 4.90 Å². The molecule has 0 fully saturated rings. The van der Waals surface area contributed by atoms with E-state index in [1.807, 2.05) is 32.9 Å². The molecule has 1 aromatic carbocycles. The van der Waals surface area contributed by atoms with Crippen LogP contribution in [0.2, 0.25) is 0 Å². The van der Waals surface area contributed by atoms with Crippen LogP contribution in [0.3, 0.4) is 0 Å². The van der Waals surface area contributed by atoms with E-state index in [1.54, 1.807) is 25.2 Å². The summed E-state index contributed by atoms with van der Waals surface area (Å²) in [6, 6.07) is 3.67. The number of anilines is 2. The molecule has 3 heterocycles. The molecule has 0 atom stereocenters. The lowest BCUT2D eigenvalue weighted by Gasteiger charge is -2.18. The van der Waals surface area contributed by atoms with Crippen LogP contribution in [0.4, 0.5) is 16.2 Å². The number of nitrogens with one attached hydrogen (secondary N) is 3. The number of carbonyl (C=O) groups excluding carboxylic acids is 2. The standard InChI is InChI=1S/C19H23N7O2/c1-6-26-14-8-12-11(7-10(14)19(2,3)17(26)27)21-16(22-12)15-13(9-20-24-15)23-18(28)25(4)5/h7-9H,6H2,1-5H3,(H,20,24)(H,21,22)(H,23,28). The van der Waals surface area contributed by atoms with Crippen molar-refractivity contribution in [1.29, 1.82) is 0 Å². The number of aromatic amines is 2. The molecule has 1 aliphatic rings. The number of fused-ring (bicyclic) bond motifs is 2. The van der Waals surface area contributed by atoms with Crippen molar-refractivity contribution in [3.63, 3.8) is 0 Å². The lowest BCUT2D eigenvalue weighted by atomic mass is 9.86. The molecule has 3 aromatic rings. The average molecular weight is 381 g/mol. The van der Waals surface area contributed by atoms with Gasteiger partial charge in [0.1, 0.15) is 0 Å². The van der Waals surface area contributed by atoms with Gasteiger partial charge in [-0.1, -0.05) is 0 Å². The second-order valence-electron chi connectivity index (χ2n) is 7.62. The van der Waals surface area contributed by atoms with Gasteiger partial charge in [0.15, 0.2) is 11.5 Å². The van der Waals surface area contributed by atoms with Crippen molar-refractivity contribution in [2.75, 3.05) is 30.9 Å². The van der Waals surface area contributed by atoms with Crippen LogP contribution in [0.5, 0.6) is 0 Å². The topological polar surface area (TPSA) is 110 Å². The number of amides is 3. The summed E-state index contributed by atoms with van der Waals surface area (Å²) in [5.74, 6) is 0.639. The fourth-order valence-corrected chi connectivity index (χ4v) is 3.55. The number of carbonyl (C=O) groups is 2. The summed E-state index contributed by atoms with van der Waals surface area (Å²) in [6.07, 6.45) is 1.62. The highest BCUT2D eigenvalue weighted by atomic mass is 16.2. The quantitative estimate of drug-likeness (QED) is 0.648. The van der Waals surface area contributed by atoms with E-state index in [2.05, 4.69) is 25.5 Å². The zero-order valence-electron chi connectivity index (χ0n) is 16.5. The number of aromatic nitrogens is 4. The van der Waals surface area contributed by atoms with Crippen molar-refractivity contribution in [3.05, 3.63) is 23.9 Å². The van der Waals surface area contributed by atoms with Crippen LogP contribution in [-0.4, -0.2) is 57.6 Å². The van der Waals surface area contributed by atoms with Crippen LogP contribution >= 0.6 is 0 Å². The lowest BCUT2D eigenvalue weighted by molar-refractivity contribution is -0.122. The maximum absolute atomic E-state index is 12.7. The van der Waals surface area contributed by atoms with Gasteiger partial charge in [0.05, 0.1) is 27.8 Å². The molecule has 2 aromatic heterocycles. The number of imidazole rings is 1. The molecule has 0 saturated carbocycles. The van der Waals surface area contributed by atoms with Crippen molar-refractivity contribution in [1.82, 2.24) is 25.1 Å². The fraction of sp³-hybridized carbons (Fsp3) is 0.368. The summed E-state index contributed by atoms with van der Waals surface area (Å²) in [4.78, 5) is 35.8. The Labute approximate surface area is 162 Å². The molecule has 0 radical (unpaired) electrons. The maximum atomic E-state index is 12.7. The summed E-state index contributed by atoms with van der Waals surface area (Å²) >= 11 is 0. The third kappa shape index (κ3) is 2.54. The van der Waals surface area contributed by atoms with Gasteiger partial charge in [-0.25, -0.2) is 9.78 Å². The molecule has 9 heteroatoms. The lowest BCUT2D eigenvalue weighted by Crippen LogP contribution is -2.35. The molecular weight excluding hydrogens is 358 g/mol. The number of likely N-dealkylation sites (N-methyl/N-ethyl adjacent to an activating group) is 1. The van der Waals surface area contributed by atoms with Crippen LogP contribution in [0, 0.1) is 0 Å². The minimum Gasteiger partial charge on any atom is -0.337 e. The Balaban J connectivity index is 1.79. The SMILES string of the molecule is CCN1C(=O)C(C)(C)c2cc3[nH]c(-c4n[nH]cc4NC(=O)N(C)C)nc3cc21. The number of hydrogen-bond acceptors (Lipinski definition) is 4. The van der Waals surface area contributed by atoms with Crippen LogP contribution in [-0.2, 0) is 10.2 Å². The summed E-state index contributed by atoms with van der Waals surface area (Å²) in [5, 5.41) is 9.79. The van der Waals surface area contributed by atoms with E-state index < -0.39 is 5.41 Å². The van der Waals surface area contributed by atoms with Gasteiger partial charge in [-0.3, -0.25) is 9.89 Å². The van der Waals surface area contributed by atoms with E-state index in [0.717, 1.165) is 22.3 Å². The Morgan fingerprint density at radius 2 is 2.07 bits per heavy atom. The fourth-order valence-electron chi connectivity index (χ4n) is 3.55. The van der Waals surface area contributed by atoms with Crippen LogP contribution < -0.4 is 10.2 Å². The van der Waals surface area contributed by atoms with Gasteiger partial charge in [0.25, 0.3) is 0 Å². The van der Waals surface area contributed by atoms with Crippen molar-refractivity contribution in [2.45, 2.75) is 26.2 Å². The van der Waals surface area contributed by atoms with Crippen molar-refractivity contribution in [3.8, 4) is 11.5 Å². The molecule has 4 rings (SSSR count). The van der Waals surface area contributed by atoms with E-state index in [9.17, 15) is 9.59 Å². The van der Waals surface area contributed by atoms with Crippen LogP contribution in [0.15, 0.2) is 18.3 Å². The zero-order chi connectivity index (χ0) is 20.2. The second kappa shape index (κ2) is 6.08. The average Bonchev–Trinajstić information content (AvgIpc) is 3.30. The zero-order valence-corrected chi connectivity index (χ0v) is 16.5. The number of rotatable bonds is 3. The van der Waals surface area contributed by atoms with Gasteiger partial charge < -0.3 is 20.1 Å². The molecule has 1 aliphatic heterocycles. The summed E-state index contributed by atoms with van der Waals surface area (Å²) in [7, 11) is 3.33. The maximum Gasteiger partial charge on any atom is 0.321 e. The first kappa shape index (κ1) is 18.0. The number of urea groups is 1. The van der Waals surface area contributed by atoms with Crippen molar-refractivity contribution in [2.24, 2.45) is 0 Å². The first-order chi connectivity index (χ1) is 13.2. The van der Waals surface area contributed by atoms with Gasteiger partial charge in [0, 0.05) is 26.8 Å². The predicted octanol–water partition coefficient (Wildman–Crippen LogP) is 2.69. The molecule has 146 valence electrons. The second-order valence-corrected chi connectivity index (χ2v) is 7.62.